The minimum Gasteiger partial charge on any atom is -0.339 e. The van der Waals surface area contributed by atoms with Crippen LogP contribution in [0.2, 0.25) is 0 Å². The number of halogens is 1. The highest BCUT2D eigenvalue weighted by atomic mass is 32.2. The molecule has 0 aliphatic heterocycles. The van der Waals surface area contributed by atoms with Crippen LogP contribution in [-0.2, 0) is 5.75 Å². The van der Waals surface area contributed by atoms with E-state index < -0.39 is 0 Å². The minimum atomic E-state index is -0.253. The van der Waals surface area contributed by atoms with E-state index in [2.05, 4.69) is 25.3 Å². The summed E-state index contributed by atoms with van der Waals surface area (Å²) in [5.41, 5.74) is 0.890. The van der Waals surface area contributed by atoms with Crippen molar-refractivity contribution >= 4 is 23.9 Å². The SMILES string of the molecule is Fc1ccc(C=Cc2nc(SCc3noc(C4CC4)n3)n[nH]2)cc1. The predicted octanol–water partition coefficient (Wildman–Crippen LogP) is 3.67. The average molecular weight is 343 g/mol. The molecule has 1 aliphatic rings. The van der Waals surface area contributed by atoms with Gasteiger partial charge in [-0.2, -0.15) is 4.98 Å². The molecule has 0 unspecified atom stereocenters. The molecule has 0 amide bonds. The highest BCUT2D eigenvalue weighted by Gasteiger charge is 2.29. The largest absolute Gasteiger partial charge is 0.339 e. The predicted molar refractivity (Wildman–Crippen MR) is 87.5 cm³/mol. The van der Waals surface area contributed by atoms with Gasteiger partial charge >= 0.3 is 0 Å². The monoisotopic (exact) mass is 343 g/mol. The molecule has 0 saturated heterocycles. The van der Waals surface area contributed by atoms with E-state index in [-0.39, 0.29) is 5.82 Å². The molecule has 0 atom stereocenters. The first kappa shape index (κ1) is 15.1. The van der Waals surface area contributed by atoms with Gasteiger partial charge in [-0.1, -0.05) is 35.1 Å². The fourth-order valence-corrected chi connectivity index (χ4v) is 2.75. The molecule has 24 heavy (non-hydrogen) atoms. The maximum atomic E-state index is 12.9. The molecule has 1 N–H and O–H groups in total. The number of hydrogen-bond acceptors (Lipinski definition) is 6. The Morgan fingerprint density at radius 2 is 2.04 bits per heavy atom. The summed E-state index contributed by atoms with van der Waals surface area (Å²) in [5.74, 6) is 2.81. The van der Waals surface area contributed by atoms with Gasteiger partial charge in [0, 0.05) is 5.92 Å². The molecule has 122 valence electrons. The fourth-order valence-electron chi connectivity index (χ4n) is 2.10. The van der Waals surface area contributed by atoms with Crippen LogP contribution in [0.25, 0.3) is 12.2 Å². The zero-order valence-electron chi connectivity index (χ0n) is 12.6. The van der Waals surface area contributed by atoms with Crippen LogP contribution in [0.1, 0.15) is 41.9 Å². The second-order valence-electron chi connectivity index (χ2n) is 5.50. The van der Waals surface area contributed by atoms with Crippen LogP contribution in [0.3, 0.4) is 0 Å². The quantitative estimate of drug-likeness (QED) is 0.688. The number of thioether (sulfide) groups is 1. The van der Waals surface area contributed by atoms with E-state index in [1.165, 1.54) is 23.9 Å². The lowest BCUT2D eigenvalue weighted by atomic mass is 10.2. The maximum absolute atomic E-state index is 12.9. The van der Waals surface area contributed by atoms with E-state index in [1.54, 1.807) is 18.2 Å². The summed E-state index contributed by atoms with van der Waals surface area (Å²) in [5, 5.41) is 11.6. The number of nitrogens with zero attached hydrogens (tertiary/aromatic N) is 4. The van der Waals surface area contributed by atoms with E-state index in [0.717, 1.165) is 24.3 Å². The number of hydrogen-bond donors (Lipinski definition) is 1. The lowest BCUT2D eigenvalue weighted by Gasteiger charge is -1.91. The van der Waals surface area contributed by atoms with Gasteiger partial charge in [-0.3, -0.25) is 5.10 Å². The third kappa shape index (κ3) is 3.70. The summed E-state index contributed by atoms with van der Waals surface area (Å²) in [6, 6.07) is 6.24. The number of H-pyrrole nitrogens is 1. The molecule has 6 nitrogen and oxygen atoms in total. The number of aromatic amines is 1. The van der Waals surface area contributed by atoms with Crippen molar-refractivity contribution in [3.8, 4) is 0 Å². The Hall–Kier alpha value is -2.48. The van der Waals surface area contributed by atoms with Gasteiger partial charge in [0.05, 0.1) is 5.75 Å². The van der Waals surface area contributed by atoms with E-state index in [0.29, 0.717) is 28.5 Å². The molecule has 0 radical (unpaired) electrons. The lowest BCUT2D eigenvalue weighted by Crippen LogP contribution is -1.86. The number of aromatic nitrogens is 5. The number of benzene rings is 1. The highest BCUT2D eigenvalue weighted by molar-refractivity contribution is 7.98. The van der Waals surface area contributed by atoms with Crippen LogP contribution in [0.15, 0.2) is 33.9 Å². The van der Waals surface area contributed by atoms with Crippen molar-refractivity contribution in [3.63, 3.8) is 0 Å². The Balaban J connectivity index is 1.34. The Kier molecular flexibility index (Phi) is 4.12. The van der Waals surface area contributed by atoms with Crippen LogP contribution in [0, 0.1) is 5.82 Å². The molecular formula is C16H14FN5OS. The van der Waals surface area contributed by atoms with Gasteiger partial charge in [0.2, 0.25) is 11.0 Å². The first-order valence-corrected chi connectivity index (χ1v) is 8.56. The Labute approximate surface area is 141 Å². The molecule has 0 bridgehead atoms. The van der Waals surface area contributed by atoms with Crippen molar-refractivity contribution in [1.29, 1.82) is 0 Å². The lowest BCUT2D eigenvalue weighted by molar-refractivity contribution is 0.375. The summed E-state index contributed by atoms with van der Waals surface area (Å²) in [4.78, 5) is 8.73. The Bertz CT molecular complexity index is 853. The van der Waals surface area contributed by atoms with Crippen molar-refractivity contribution in [3.05, 3.63) is 53.2 Å². The van der Waals surface area contributed by atoms with Crippen molar-refractivity contribution in [2.24, 2.45) is 0 Å². The first-order chi connectivity index (χ1) is 11.8. The van der Waals surface area contributed by atoms with Gasteiger partial charge in [0.15, 0.2) is 5.82 Å². The molecule has 8 heteroatoms. The van der Waals surface area contributed by atoms with E-state index >= 15 is 0 Å². The maximum Gasteiger partial charge on any atom is 0.229 e. The van der Waals surface area contributed by atoms with Crippen LogP contribution >= 0.6 is 11.8 Å². The summed E-state index contributed by atoms with van der Waals surface area (Å²) < 4.78 is 18.1. The van der Waals surface area contributed by atoms with E-state index in [4.69, 9.17) is 4.52 Å². The minimum absolute atomic E-state index is 0.253. The van der Waals surface area contributed by atoms with Crippen molar-refractivity contribution in [2.45, 2.75) is 29.7 Å². The standard InChI is InChI=1S/C16H14FN5OS/c17-12-6-1-10(2-7-12)3-8-13-19-16(21-20-13)24-9-14-18-15(23-22-14)11-4-5-11/h1-3,6-8,11H,4-5,9H2,(H,19,20,21). The van der Waals surface area contributed by atoms with Gasteiger partial charge in [0.25, 0.3) is 0 Å². The molecule has 2 heterocycles. The van der Waals surface area contributed by atoms with Gasteiger partial charge in [-0.15, -0.1) is 5.10 Å². The summed E-state index contributed by atoms with van der Waals surface area (Å²) in [6.45, 7) is 0. The summed E-state index contributed by atoms with van der Waals surface area (Å²) in [6.07, 6.45) is 5.91. The second-order valence-corrected chi connectivity index (χ2v) is 6.44. The van der Waals surface area contributed by atoms with Gasteiger partial charge in [-0.05, 0) is 36.6 Å². The summed E-state index contributed by atoms with van der Waals surface area (Å²) in [7, 11) is 0. The van der Waals surface area contributed by atoms with Gasteiger partial charge in [0.1, 0.15) is 11.6 Å². The number of rotatable bonds is 6. The van der Waals surface area contributed by atoms with Gasteiger partial charge in [-0.25, -0.2) is 9.37 Å². The molecule has 1 fully saturated rings. The molecule has 1 aromatic carbocycles. The smallest absolute Gasteiger partial charge is 0.229 e. The molecule has 2 aromatic heterocycles. The zero-order valence-corrected chi connectivity index (χ0v) is 13.5. The normalized spacial score (nSPS) is 14.5. The molecule has 1 aliphatic carbocycles. The summed E-state index contributed by atoms with van der Waals surface area (Å²) >= 11 is 1.44. The molecule has 1 saturated carbocycles. The van der Waals surface area contributed by atoms with Crippen molar-refractivity contribution < 1.29 is 8.91 Å². The molecular weight excluding hydrogens is 329 g/mol. The third-order valence-electron chi connectivity index (χ3n) is 3.53. The van der Waals surface area contributed by atoms with Crippen molar-refractivity contribution in [1.82, 2.24) is 25.3 Å². The van der Waals surface area contributed by atoms with Crippen LogP contribution in [-0.4, -0.2) is 25.3 Å². The molecule has 4 rings (SSSR count). The Morgan fingerprint density at radius 1 is 1.21 bits per heavy atom. The average Bonchev–Trinajstić information content (AvgIpc) is 3.17. The third-order valence-corrected chi connectivity index (χ3v) is 4.37. The zero-order chi connectivity index (χ0) is 16.4. The first-order valence-electron chi connectivity index (χ1n) is 7.57. The molecule has 0 spiro atoms. The fraction of sp³-hybridized carbons (Fsp3) is 0.250. The van der Waals surface area contributed by atoms with E-state index in [1.807, 2.05) is 6.08 Å². The van der Waals surface area contributed by atoms with Crippen LogP contribution < -0.4 is 0 Å². The Morgan fingerprint density at radius 3 is 2.83 bits per heavy atom. The van der Waals surface area contributed by atoms with Gasteiger partial charge < -0.3 is 4.52 Å². The highest BCUT2D eigenvalue weighted by Crippen LogP contribution is 2.39. The molecule has 3 aromatic rings. The number of nitrogens with one attached hydrogen (secondary N) is 1. The van der Waals surface area contributed by atoms with E-state index in [9.17, 15) is 4.39 Å². The topological polar surface area (TPSA) is 80.5 Å². The second kappa shape index (κ2) is 6.56. The van der Waals surface area contributed by atoms with Crippen LogP contribution in [0.5, 0.6) is 0 Å². The van der Waals surface area contributed by atoms with Crippen LogP contribution in [0.4, 0.5) is 4.39 Å². The van der Waals surface area contributed by atoms with Crippen molar-refractivity contribution in [2.75, 3.05) is 0 Å².